The molecule has 0 saturated heterocycles. The fourth-order valence-electron chi connectivity index (χ4n) is 6.83. The van der Waals surface area contributed by atoms with Gasteiger partial charge in [-0.1, -0.05) is 65.5 Å². The van der Waals surface area contributed by atoms with Crippen LogP contribution < -0.4 is 22.0 Å². The number of hydrogen-bond donors (Lipinski definition) is 1. The lowest BCUT2D eigenvalue weighted by molar-refractivity contribution is -0.0000180. The Balaban J connectivity index is 0.00000800. The number of unbranched alkanes of at least 4 members (excludes halogenated alkanes) is 2. The van der Waals surface area contributed by atoms with Crippen molar-refractivity contribution in [1.82, 2.24) is 4.90 Å². The molecule has 1 aliphatic rings. The van der Waals surface area contributed by atoms with E-state index in [1.807, 2.05) is 55.4 Å². The van der Waals surface area contributed by atoms with Gasteiger partial charge in [0.1, 0.15) is 12.4 Å². The predicted molar refractivity (Wildman–Crippen MR) is 193 cm³/mol. The zero-order chi connectivity index (χ0) is 34.5. The van der Waals surface area contributed by atoms with Gasteiger partial charge in [0, 0.05) is 43.7 Å². The Morgan fingerprint density at radius 1 is 0.896 bits per heavy atom. The molecule has 2 aromatic carbocycles. The molecule has 0 saturated carbocycles. The number of likely N-dealkylation sites (N-methyl/N-ethyl adjacent to an activating group) is 1. The molecule has 1 N–H and O–H groups in total. The van der Waals surface area contributed by atoms with Gasteiger partial charge in [-0.2, -0.15) is 0 Å². The molecule has 0 radical (unpaired) electrons. The van der Waals surface area contributed by atoms with Crippen LogP contribution in [0.4, 0.5) is 5.69 Å². The lowest BCUT2D eigenvalue weighted by Crippen LogP contribution is -3.00. The topological polar surface area (TPSA) is 88.5 Å². The number of sulfone groups is 1. The van der Waals surface area contributed by atoms with Crippen molar-refractivity contribution >= 4 is 15.5 Å². The number of anilines is 1. The van der Waals surface area contributed by atoms with E-state index in [1.54, 1.807) is 6.07 Å². The van der Waals surface area contributed by atoms with E-state index in [-0.39, 0.29) is 18.2 Å². The first-order chi connectivity index (χ1) is 22.5. The third-order valence-electron chi connectivity index (χ3n) is 9.91. The number of aliphatic hydroxyl groups is 1. The van der Waals surface area contributed by atoms with Gasteiger partial charge in [0.15, 0.2) is 9.84 Å². The lowest BCUT2D eigenvalue weighted by atomic mass is 9.68. The SMILES string of the molecule is CCCCC1(CCCC)CS(=O)(=O)c2ccc(N(C)C)cc2[C@@H](c2ccc(OCCOCCOCCN(CC)C(C)CC)cc2)[C@H]1O.[Cl-]. The van der Waals surface area contributed by atoms with E-state index in [1.165, 1.54) is 0 Å². The van der Waals surface area contributed by atoms with Crippen LogP contribution in [0.2, 0.25) is 0 Å². The first-order valence-electron chi connectivity index (χ1n) is 17.9. The Labute approximate surface area is 297 Å². The van der Waals surface area contributed by atoms with Gasteiger partial charge in [-0.25, -0.2) is 8.42 Å². The summed E-state index contributed by atoms with van der Waals surface area (Å²) in [5.74, 6) is 0.190. The summed E-state index contributed by atoms with van der Waals surface area (Å²) in [4.78, 5) is 4.73. The Morgan fingerprint density at radius 2 is 1.50 bits per heavy atom. The van der Waals surface area contributed by atoms with E-state index in [9.17, 15) is 13.5 Å². The third kappa shape index (κ3) is 11.3. The summed E-state index contributed by atoms with van der Waals surface area (Å²) < 4.78 is 45.6. The second-order valence-corrected chi connectivity index (χ2v) is 15.4. The largest absolute Gasteiger partial charge is 1.00 e. The Morgan fingerprint density at radius 3 is 2.06 bits per heavy atom. The molecule has 1 aliphatic heterocycles. The number of rotatable bonds is 21. The standard InChI is InChI=1S/C38H62N2O6S.ClH/c1-8-12-20-38(21-13-9-2)29-47(42,43)35-19-16-32(39(6)7)28-34(35)36(37(38)41)31-14-17-33(18-15-31)46-27-26-45-25-24-44-23-22-40(11-4)30(5)10-3;/h14-19,28,30,36-37,41H,8-13,20-27,29H2,1-7H3;1H/p-1/t30?,36-,37-;/m1./s1. The van der Waals surface area contributed by atoms with E-state index < -0.39 is 27.3 Å². The molecule has 3 rings (SSSR count). The fourth-order valence-corrected chi connectivity index (χ4v) is 9.02. The Bertz CT molecular complexity index is 1300. The maximum atomic E-state index is 14.0. The number of nitrogens with zero attached hydrogens (tertiary/aromatic N) is 2. The van der Waals surface area contributed by atoms with E-state index in [2.05, 4.69) is 39.5 Å². The van der Waals surface area contributed by atoms with Crippen molar-refractivity contribution in [2.24, 2.45) is 5.41 Å². The highest BCUT2D eigenvalue weighted by Crippen LogP contribution is 2.50. The van der Waals surface area contributed by atoms with Crippen molar-refractivity contribution in [3.8, 4) is 5.75 Å². The van der Waals surface area contributed by atoms with E-state index in [0.717, 1.165) is 56.4 Å². The Hall–Kier alpha value is -1.88. The highest BCUT2D eigenvalue weighted by atomic mass is 35.5. The molecule has 0 fully saturated rings. The zero-order valence-electron chi connectivity index (χ0n) is 30.5. The predicted octanol–water partition coefficient (Wildman–Crippen LogP) is 3.94. The van der Waals surface area contributed by atoms with Crippen LogP contribution in [0, 0.1) is 5.41 Å². The molecule has 0 amide bonds. The van der Waals surface area contributed by atoms with Gasteiger partial charge in [-0.05, 0) is 74.2 Å². The molecule has 3 atom stereocenters. The van der Waals surface area contributed by atoms with Crippen LogP contribution in [0.5, 0.6) is 5.75 Å². The number of ether oxygens (including phenoxy) is 3. The number of benzene rings is 2. The molecule has 0 aliphatic carbocycles. The molecule has 10 heteroatoms. The minimum Gasteiger partial charge on any atom is -1.00 e. The van der Waals surface area contributed by atoms with Crippen molar-refractivity contribution in [1.29, 1.82) is 0 Å². The van der Waals surface area contributed by atoms with Gasteiger partial charge >= 0.3 is 0 Å². The van der Waals surface area contributed by atoms with Crippen molar-refractivity contribution in [2.75, 3.05) is 70.9 Å². The van der Waals surface area contributed by atoms with Gasteiger partial charge in [-0.15, -0.1) is 0 Å². The summed E-state index contributed by atoms with van der Waals surface area (Å²) in [6, 6.07) is 13.9. The van der Waals surface area contributed by atoms with Gasteiger partial charge in [0.2, 0.25) is 0 Å². The summed E-state index contributed by atoms with van der Waals surface area (Å²) in [5.41, 5.74) is 1.74. The molecule has 2 aromatic rings. The second-order valence-electron chi connectivity index (χ2n) is 13.4. The highest BCUT2D eigenvalue weighted by molar-refractivity contribution is 7.91. The Kier molecular flexibility index (Phi) is 18.2. The molecule has 0 bridgehead atoms. The number of hydrogen-bond acceptors (Lipinski definition) is 8. The number of fused-ring (bicyclic) bond motifs is 1. The van der Waals surface area contributed by atoms with E-state index in [0.29, 0.717) is 68.1 Å². The van der Waals surface area contributed by atoms with Crippen LogP contribution in [-0.2, 0) is 19.3 Å². The summed E-state index contributed by atoms with van der Waals surface area (Å²) in [6.45, 7) is 15.5. The van der Waals surface area contributed by atoms with Crippen molar-refractivity contribution in [3.63, 3.8) is 0 Å². The number of halogens is 1. The normalized spacial score (nSPS) is 18.9. The van der Waals surface area contributed by atoms with Gasteiger partial charge < -0.3 is 36.6 Å². The van der Waals surface area contributed by atoms with Crippen LogP contribution in [0.25, 0.3) is 0 Å². The average molecular weight is 710 g/mol. The third-order valence-corrected chi connectivity index (χ3v) is 11.9. The quantitative estimate of drug-likeness (QED) is 0.195. The van der Waals surface area contributed by atoms with Crippen molar-refractivity contribution < 1.29 is 40.1 Å². The maximum Gasteiger partial charge on any atom is 0.179 e. The lowest BCUT2D eigenvalue weighted by Gasteiger charge is -2.40. The first kappa shape index (κ1) is 42.3. The van der Waals surface area contributed by atoms with Crippen molar-refractivity contribution in [2.45, 2.75) is 103 Å². The van der Waals surface area contributed by atoms with Crippen LogP contribution >= 0.6 is 0 Å². The molecule has 274 valence electrons. The minimum absolute atomic E-state index is 0. The second kappa shape index (κ2) is 20.7. The molecule has 1 heterocycles. The molecule has 8 nitrogen and oxygen atoms in total. The van der Waals surface area contributed by atoms with E-state index in [4.69, 9.17) is 14.2 Å². The monoisotopic (exact) mass is 709 g/mol. The summed E-state index contributed by atoms with van der Waals surface area (Å²) >= 11 is 0. The zero-order valence-corrected chi connectivity index (χ0v) is 32.1. The average Bonchev–Trinajstić information content (AvgIpc) is 3.13. The summed E-state index contributed by atoms with van der Waals surface area (Å²) in [7, 11) is 0.260. The molecular formula is C38H62ClN2O6S-. The number of aliphatic hydroxyl groups excluding tert-OH is 1. The highest BCUT2D eigenvalue weighted by Gasteiger charge is 2.49. The molecule has 48 heavy (non-hydrogen) atoms. The van der Waals surface area contributed by atoms with Crippen LogP contribution in [0.3, 0.4) is 0 Å². The summed E-state index contributed by atoms with van der Waals surface area (Å²) in [6.07, 6.45) is 5.28. The summed E-state index contributed by atoms with van der Waals surface area (Å²) in [5, 5.41) is 12.4. The molecular weight excluding hydrogens is 648 g/mol. The molecule has 0 spiro atoms. The van der Waals surface area contributed by atoms with E-state index >= 15 is 0 Å². The smallest absolute Gasteiger partial charge is 0.179 e. The van der Waals surface area contributed by atoms with Crippen LogP contribution in [0.1, 0.15) is 96.6 Å². The van der Waals surface area contributed by atoms with Crippen LogP contribution in [-0.4, -0.2) is 96.5 Å². The van der Waals surface area contributed by atoms with Gasteiger partial charge in [0.05, 0.1) is 43.2 Å². The molecule has 1 unspecified atom stereocenters. The maximum absolute atomic E-state index is 14.0. The van der Waals surface area contributed by atoms with Crippen molar-refractivity contribution in [3.05, 3.63) is 53.6 Å². The van der Waals surface area contributed by atoms with Crippen LogP contribution in [0.15, 0.2) is 47.4 Å². The van der Waals surface area contributed by atoms with Gasteiger partial charge in [-0.3, -0.25) is 4.90 Å². The van der Waals surface area contributed by atoms with Gasteiger partial charge in [0.25, 0.3) is 0 Å². The fraction of sp³-hybridized carbons (Fsp3) is 0.684. The minimum atomic E-state index is -3.63. The first-order valence-corrected chi connectivity index (χ1v) is 19.5. The molecule has 0 aromatic heterocycles.